The molecule has 0 unspecified atom stereocenters. The molecular weight excluding hydrogens is 290 g/mol. The Kier molecular flexibility index (Phi) is 5.24. The summed E-state index contributed by atoms with van der Waals surface area (Å²) >= 11 is 1.65. The molecule has 1 N–H and O–H groups in total. The number of alkyl carbamates (subject to hydrolysis) is 1. The van der Waals surface area contributed by atoms with Gasteiger partial charge in [0.1, 0.15) is 16.7 Å². The van der Waals surface area contributed by atoms with Crippen molar-refractivity contribution in [3.63, 3.8) is 0 Å². The highest BCUT2D eigenvalue weighted by Gasteiger charge is 2.63. The van der Waals surface area contributed by atoms with Crippen LogP contribution in [0, 0.1) is 5.92 Å². The second-order valence-corrected chi connectivity index (χ2v) is 8.37. The van der Waals surface area contributed by atoms with Gasteiger partial charge >= 0.3 is 12.1 Å². The van der Waals surface area contributed by atoms with E-state index in [1.807, 2.05) is 27.0 Å². The summed E-state index contributed by atoms with van der Waals surface area (Å²) in [4.78, 5) is 24.4. The van der Waals surface area contributed by atoms with E-state index in [1.54, 1.807) is 32.5 Å². The molecule has 0 aromatic carbocycles. The van der Waals surface area contributed by atoms with Crippen LogP contribution in [-0.2, 0) is 14.3 Å². The first-order chi connectivity index (χ1) is 9.39. The van der Waals surface area contributed by atoms with Crippen LogP contribution in [0.1, 0.15) is 48.0 Å². The first-order valence-electron chi connectivity index (χ1n) is 7.13. The van der Waals surface area contributed by atoms with Crippen LogP contribution >= 0.6 is 11.8 Å². The lowest BCUT2D eigenvalue weighted by atomic mass is 10.1. The van der Waals surface area contributed by atoms with Gasteiger partial charge in [0.15, 0.2) is 0 Å². The largest absolute Gasteiger partial charge is 0.458 e. The van der Waals surface area contributed by atoms with Gasteiger partial charge in [0, 0.05) is 5.92 Å². The third-order valence-electron chi connectivity index (χ3n) is 2.96. The Balaban J connectivity index is 2.77. The van der Waals surface area contributed by atoms with Crippen molar-refractivity contribution < 1.29 is 19.1 Å². The van der Waals surface area contributed by atoms with Crippen LogP contribution in [-0.4, -0.2) is 40.8 Å². The quantitative estimate of drug-likeness (QED) is 0.808. The van der Waals surface area contributed by atoms with E-state index in [-0.39, 0.29) is 11.9 Å². The number of carbonyl (C=O) groups is 2. The first-order valence-corrected chi connectivity index (χ1v) is 8.52. The number of hydrogen-bond acceptors (Lipinski definition) is 5. The number of rotatable bonds is 4. The van der Waals surface area contributed by atoms with Crippen LogP contribution in [0.25, 0.3) is 0 Å². The molecule has 1 aliphatic rings. The van der Waals surface area contributed by atoms with Crippen molar-refractivity contribution in [2.75, 3.05) is 12.0 Å². The highest BCUT2D eigenvalue weighted by Crippen LogP contribution is 2.47. The molecule has 5 nitrogen and oxygen atoms in total. The van der Waals surface area contributed by atoms with E-state index in [9.17, 15) is 9.59 Å². The average Bonchev–Trinajstić information content (AvgIpc) is 2.87. The molecule has 0 bridgehead atoms. The van der Waals surface area contributed by atoms with Crippen LogP contribution in [0.3, 0.4) is 0 Å². The molecule has 1 aliphatic carbocycles. The predicted octanol–water partition coefficient (Wildman–Crippen LogP) is 2.97. The number of carbonyl (C=O) groups excluding carboxylic acids is 2. The molecule has 0 heterocycles. The maximum atomic E-state index is 12.4. The molecule has 1 saturated carbocycles. The van der Waals surface area contributed by atoms with Crippen molar-refractivity contribution in [1.82, 2.24) is 5.32 Å². The predicted molar refractivity (Wildman–Crippen MR) is 84.4 cm³/mol. The molecular formula is C15H27NO4S. The molecule has 0 aromatic heterocycles. The Morgan fingerprint density at radius 2 is 1.67 bits per heavy atom. The second kappa shape index (κ2) is 6.07. The van der Waals surface area contributed by atoms with Crippen molar-refractivity contribution in [3.05, 3.63) is 0 Å². The lowest BCUT2D eigenvalue weighted by molar-refractivity contribution is -0.159. The minimum absolute atomic E-state index is 0.0925. The van der Waals surface area contributed by atoms with Crippen molar-refractivity contribution in [1.29, 1.82) is 0 Å². The Bertz CT molecular complexity index is 411. The van der Waals surface area contributed by atoms with Gasteiger partial charge < -0.3 is 14.8 Å². The molecule has 1 fully saturated rings. The molecule has 21 heavy (non-hydrogen) atoms. The smallest absolute Gasteiger partial charge is 0.408 e. The van der Waals surface area contributed by atoms with E-state index in [0.29, 0.717) is 6.42 Å². The Labute approximate surface area is 131 Å². The Morgan fingerprint density at radius 3 is 2.10 bits per heavy atom. The summed E-state index contributed by atoms with van der Waals surface area (Å²) < 4.78 is 10.7. The molecule has 0 aromatic rings. The fourth-order valence-corrected chi connectivity index (χ4v) is 2.85. The lowest BCUT2D eigenvalue weighted by Gasteiger charge is -2.27. The number of nitrogens with one attached hydrogen (secondary N) is 1. The monoisotopic (exact) mass is 317 g/mol. The van der Waals surface area contributed by atoms with Gasteiger partial charge in [0.05, 0.1) is 0 Å². The van der Waals surface area contributed by atoms with Crippen molar-refractivity contribution >= 4 is 23.8 Å². The number of thioether (sulfide) groups is 1. The molecule has 2 atom stereocenters. The van der Waals surface area contributed by atoms with Crippen LogP contribution in [0.5, 0.6) is 0 Å². The minimum atomic E-state index is -0.932. The van der Waals surface area contributed by atoms with Crippen LogP contribution in [0.4, 0.5) is 4.79 Å². The standard InChI is InChI=1S/C15H27NO4S/c1-13(2,3)19-11(17)15(8-10(15)9-21-7)16-12(18)20-14(4,5)6/h10H,8-9H2,1-7H3,(H,16,18)/t10-,15-/m1/s1. The second-order valence-electron chi connectivity index (χ2n) is 7.46. The fourth-order valence-electron chi connectivity index (χ4n) is 2.04. The molecule has 1 amide bonds. The highest BCUT2D eigenvalue weighted by molar-refractivity contribution is 7.98. The molecule has 0 radical (unpaired) electrons. The molecule has 0 saturated heterocycles. The lowest BCUT2D eigenvalue weighted by Crippen LogP contribution is -2.49. The average molecular weight is 317 g/mol. The van der Waals surface area contributed by atoms with Crippen molar-refractivity contribution in [2.24, 2.45) is 5.92 Å². The summed E-state index contributed by atoms with van der Waals surface area (Å²) in [6, 6.07) is 0. The van der Waals surface area contributed by atoms with E-state index >= 15 is 0 Å². The summed E-state index contributed by atoms with van der Waals surface area (Å²) in [7, 11) is 0. The van der Waals surface area contributed by atoms with Gasteiger partial charge in [-0.05, 0) is 60.0 Å². The van der Waals surface area contributed by atoms with Gasteiger partial charge in [-0.2, -0.15) is 11.8 Å². The first kappa shape index (κ1) is 18.1. The summed E-state index contributed by atoms with van der Waals surface area (Å²) in [5, 5.41) is 2.73. The summed E-state index contributed by atoms with van der Waals surface area (Å²) in [6.45, 7) is 10.8. The zero-order chi connectivity index (χ0) is 16.5. The van der Waals surface area contributed by atoms with E-state index in [2.05, 4.69) is 5.32 Å². The molecule has 0 aliphatic heterocycles. The fraction of sp³-hybridized carbons (Fsp3) is 0.867. The number of amides is 1. The van der Waals surface area contributed by atoms with E-state index < -0.39 is 22.8 Å². The van der Waals surface area contributed by atoms with Crippen LogP contribution < -0.4 is 5.32 Å². The molecule has 0 spiro atoms. The zero-order valence-electron chi connectivity index (χ0n) is 14.0. The maximum absolute atomic E-state index is 12.4. The third-order valence-corrected chi connectivity index (χ3v) is 3.70. The van der Waals surface area contributed by atoms with Gasteiger partial charge in [-0.15, -0.1) is 0 Å². The number of ether oxygens (including phenoxy) is 2. The van der Waals surface area contributed by atoms with Gasteiger partial charge in [-0.1, -0.05) is 0 Å². The van der Waals surface area contributed by atoms with Crippen molar-refractivity contribution in [2.45, 2.75) is 64.7 Å². The molecule has 1 rings (SSSR count). The SMILES string of the molecule is CSC[C@H]1C[C@]1(NC(=O)OC(C)(C)C)C(=O)OC(C)(C)C. The van der Waals surface area contributed by atoms with Crippen LogP contribution in [0.15, 0.2) is 0 Å². The van der Waals surface area contributed by atoms with Gasteiger partial charge in [-0.25, -0.2) is 9.59 Å². The summed E-state index contributed by atoms with van der Waals surface area (Å²) in [6.07, 6.45) is 2.00. The minimum Gasteiger partial charge on any atom is -0.458 e. The Morgan fingerprint density at radius 1 is 1.14 bits per heavy atom. The van der Waals surface area contributed by atoms with Gasteiger partial charge in [-0.3, -0.25) is 0 Å². The highest BCUT2D eigenvalue weighted by atomic mass is 32.2. The Hall–Kier alpha value is -0.910. The topological polar surface area (TPSA) is 64.6 Å². The maximum Gasteiger partial charge on any atom is 0.408 e. The van der Waals surface area contributed by atoms with Crippen LogP contribution in [0.2, 0.25) is 0 Å². The van der Waals surface area contributed by atoms with Gasteiger partial charge in [0.25, 0.3) is 0 Å². The van der Waals surface area contributed by atoms with Gasteiger partial charge in [0.2, 0.25) is 0 Å². The summed E-state index contributed by atoms with van der Waals surface area (Å²) in [5.74, 6) is 0.518. The van der Waals surface area contributed by atoms with E-state index in [0.717, 1.165) is 5.75 Å². The molecule has 6 heteroatoms. The van der Waals surface area contributed by atoms with E-state index in [1.165, 1.54) is 0 Å². The van der Waals surface area contributed by atoms with E-state index in [4.69, 9.17) is 9.47 Å². The third kappa shape index (κ3) is 5.41. The van der Waals surface area contributed by atoms with Crippen molar-refractivity contribution in [3.8, 4) is 0 Å². The summed E-state index contributed by atoms with van der Waals surface area (Å²) in [5.41, 5.74) is -2.10. The number of esters is 1. The normalized spacial score (nSPS) is 25.2. The molecule has 122 valence electrons. The zero-order valence-corrected chi connectivity index (χ0v) is 14.8. The number of hydrogen-bond donors (Lipinski definition) is 1.